The number of nitrogens with zero attached hydrogens (tertiary/aromatic N) is 4. The molecular weight excluding hydrogens is 224 g/mol. The van der Waals surface area contributed by atoms with E-state index in [2.05, 4.69) is 28.6 Å². The Morgan fingerprint density at radius 3 is 2.44 bits per heavy atom. The molecule has 0 aromatic carbocycles. The van der Waals surface area contributed by atoms with Crippen molar-refractivity contribution in [3.63, 3.8) is 0 Å². The summed E-state index contributed by atoms with van der Waals surface area (Å²) in [5, 5.41) is 0. The summed E-state index contributed by atoms with van der Waals surface area (Å²) >= 11 is 0. The van der Waals surface area contributed by atoms with E-state index in [0.717, 1.165) is 50.8 Å². The summed E-state index contributed by atoms with van der Waals surface area (Å²) in [6.45, 7) is 8.78. The lowest BCUT2D eigenvalue weighted by molar-refractivity contribution is 0.730. The van der Waals surface area contributed by atoms with Crippen molar-refractivity contribution >= 4 is 11.8 Å². The molecule has 0 radical (unpaired) electrons. The molecule has 0 unspecified atom stereocenters. The zero-order valence-corrected chi connectivity index (χ0v) is 11.6. The average molecular weight is 248 g/mol. The van der Waals surface area contributed by atoms with Crippen LogP contribution in [0.5, 0.6) is 0 Å². The monoisotopic (exact) mass is 248 g/mol. The molecule has 2 heterocycles. The normalized spacial score (nSPS) is 15.1. The fourth-order valence-corrected chi connectivity index (χ4v) is 2.47. The third-order valence-electron chi connectivity index (χ3n) is 3.33. The van der Waals surface area contributed by atoms with E-state index in [-0.39, 0.29) is 0 Å². The minimum atomic E-state index is 0.905. The maximum atomic E-state index is 4.73. The molecule has 1 aliphatic rings. The van der Waals surface area contributed by atoms with Gasteiger partial charge < -0.3 is 9.80 Å². The number of hydrogen-bond acceptors (Lipinski definition) is 4. The maximum Gasteiger partial charge on any atom is 0.227 e. The van der Waals surface area contributed by atoms with Gasteiger partial charge in [0.1, 0.15) is 5.82 Å². The summed E-state index contributed by atoms with van der Waals surface area (Å²) in [5.74, 6) is 1.98. The molecular formula is C14H24N4. The smallest absolute Gasteiger partial charge is 0.227 e. The van der Waals surface area contributed by atoms with Gasteiger partial charge in [-0.25, -0.2) is 4.98 Å². The van der Waals surface area contributed by atoms with Crippen LogP contribution < -0.4 is 9.80 Å². The second kappa shape index (κ2) is 6.57. The van der Waals surface area contributed by atoms with Crippen LogP contribution in [0, 0.1) is 0 Å². The van der Waals surface area contributed by atoms with E-state index in [0.29, 0.717) is 0 Å². The molecule has 0 atom stereocenters. The first-order chi connectivity index (χ1) is 8.85. The Bertz CT molecular complexity index is 355. The van der Waals surface area contributed by atoms with Crippen molar-refractivity contribution in [2.24, 2.45) is 0 Å². The summed E-state index contributed by atoms with van der Waals surface area (Å²) in [6.07, 6.45) is 6.74. The molecule has 4 heteroatoms. The Balaban J connectivity index is 2.13. The summed E-state index contributed by atoms with van der Waals surface area (Å²) < 4.78 is 0. The first-order valence-electron chi connectivity index (χ1n) is 7.18. The molecule has 0 saturated carbocycles. The molecule has 1 saturated heterocycles. The van der Waals surface area contributed by atoms with Crippen molar-refractivity contribution in [3.05, 3.63) is 12.3 Å². The molecule has 1 aromatic heterocycles. The Hall–Kier alpha value is -1.32. The van der Waals surface area contributed by atoms with E-state index >= 15 is 0 Å². The van der Waals surface area contributed by atoms with Gasteiger partial charge in [-0.3, -0.25) is 0 Å². The summed E-state index contributed by atoms with van der Waals surface area (Å²) in [7, 11) is 0. The van der Waals surface area contributed by atoms with E-state index in [1.54, 1.807) is 0 Å². The van der Waals surface area contributed by atoms with Crippen LogP contribution in [0.2, 0.25) is 0 Å². The topological polar surface area (TPSA) is 32.3 Å². The molecule has 0 amide bonds. The molecule has 0 aliphatic carbocycles. The molecule has 18 heavy (non-hydrogen) atoms. The zero-order valence-electron chi connectivity index (χ0n) is 11.6. The molecule has 1 aliphatic heterocycles. The van der Waals surface area contributed by atoms with Crippen molar-refractivity contribution in [1.29, 1.82) is 0 Å². The minimum Gasteiger partial charge on any atom is -0.356 e. The van der Waals surface area contributed by atoms with E-state index in [1.165, 1.54) is 12.8 Å². The van der Waals surface area contributed by atoms with Gasteiger partial charge in [0.15, 0.2) is 0 Å². The highest BCUT2D eigenvalue weighted by Gasteiger charge is 2.16. The summed E-state index contributed by atoms with van der Waals surface area (Å²) in [5.41, 5.74) is 0. The van der Waals surface area contributed by atoms with Gasteiger partial charge in [0.25, 0.3) is 0 Å². The van der Waals surface area contributed by atoms with Crippen LogP contribution in [-0.4, -0.2) is 36.1 Å². The van der Waals surface area contributed by atoms with Crippen LogP contribution in [0.15, 0.2) is 12.3 Å². The van der Waals surface area contributed by atoms with Crippen molar-refractivity contribution in [3.8, 4) is 0 Å². The van der Waals surface area contributed by atoms with Gasteiger partial charge in [0.2, 0.25) is 5.95 Å². The molecule has 0 bridgehead atoms. The quantitative estimate of drug-likeness (QED) is 0.775. The van der Waals surface area contributed by atoms with Gasteiger partial charge in [-0.05, 0) is 31.7 Å². The highest BCUT2D eigenvalue weighted by atomic mass is 15.3. The highest BCUT2D eigenvalue weighted by Crippen LogP contribution is 2.19. The van der Waals surface area contributed by atoms with Crippen LogP contribution in [0.1, 0.15) is 39.5 Å². The molecule has 0 spiro atoms. The molecule has 1 aromatic rings. The number of hydrogen-bond donors (Lipinski definition) is 0. The second-order valence-corrected chi connectivity index (χ2v) is 4.90. The summed E-state index contributed by atoms with van der Waals surface area (Å²) in [4.78, 5) is 13.8. The van der Waals surface area contributed by atoms with Crippen LogP contribution in [0.3, 0.4) is 0 Å². The van der Waals surface area contributed by atoms with Gasteiger partial charge in [-0.15, -0.1) is 0 Å². The predicted octanol–water partition coefficient (Wildman–Crippen LogP) is 2.70. The van der Waals surface area contributed by atoms with Crippen LogP contribution in [0.4, 0.5) is 11.8 Å². The first kappa shape index (κ1) is 13.1. The molecule has 1 fully saturated rings. The van der Waals surface area contributed by atoms with Gasteiger partial charge >= 0.3 is 0 Å². The lowest BCUT2D eigenvalue weighted by atomic mass is 10.3. The van der Waals surface area contributed by atoms with Crippen molar-refractivity contribution in [2.45, 2.75) is 39.5 Å². The number of anilines is 2. The summed E-state index contributed by atoms with van der Waals surface area (Å²) in [6, 6.07) is 2.03. The van der Waals surface area contributed by atoms with Gasteiger partial charge in [0.05, 0.1) is 0 Å². The standard InChI is InChI=1S/C14H24N4/c1-3-9-17(10-4-2)13-7-8-15-14(16-13)18-11-5-6-12-18/h7-8H,3-6,9-12H2,1-2H3. The fourth-order valence-electron chi connectivity index (χ4n) is 2.47. The third kappa shape index (κ3) is 3.12. The molecule has 0 N–H and O–H groups in total. The minimum absolute atomic E-state index is 0.905. The van der Waals surface area contributed by atoms with Gasteiger partial charge in [-0.1, -0.05) is 13.8 Å². The predicted molar refractivity (Wildman–Crippen MR) is 76.3 cm³/mol. The number of rotatable bonds is 6. The zero-order chi connectivity index (χ0) is 12.8. The van der Waals surface area contributed by atoms with Crippen molar-refractivity contribution in [2.75, 3.05) is 36.0 Å². The molecule has 100 valence electrons. The Labute approximate surface area is 110 Å². The lowest BCUT2D eigenvalue weighted by Gasteiger charge is -2.24. The Morgan fingerprint density at radius 2 is 1.83 bits per heavy atom. The molecule has 4 nitrogen and oxygen atoms in total. The van der Waals surface area contributed by atoms with Crippen molar-refractivity contribution in [1.82, 2.24) is 9.97 Å². The van der Waals surface area contributed by atoms with Crippen LogP contribution >= 0.6 is 0 Å². The van der Waals surface area contributed by atoms with E-state index in [4.69, 9.17) is 4.98 Å². The lowest BCUT2D eigenvalue weighted by Crippen LogP contribution is -2.27. The largest absolute Gasteiger partial charge is 0.356 e. The third-order valence-corrected chi connectivity index (χ3v) is 3.33. The SMILES string of the molecule is CCCN(CCC)c1ccnc(N2CCCC2)n1. The van der Waals surface area contributed by atoms with E-state index in [1.807, 2.05) is 12.3 Å². The number of aromatic nitrogens is 2. The Morgan fingerprint density at radius 1 is 1.17 bits per heavy atom. The average Bonchev–Trinajstić information content (AvgIpc) is 2.93. The fraction of sp³-hybridized carbons (Fsp3) is 0.714. The highest BCUT2D eigenvalue weighted by molar-refractivity contribution is 5.44. The molecule has 2 rings (SSSR count). The van der Waals surface area contributed by atoms with E-state index < -0.39 is 0 Å². The Kier molecular flexibility index (Phi) is 4.79. The van der Waals surface area contributed by atoms with E-state index in [9.17, 15) is 0 Å². The second-order valence-electron chi connectivity index (χ2n) is 4.90. The van der Waals surface area contributed by atoms with Gasteiger partial charge in [0, 0.05) is 32.4 Å². The van der Waals surface area contributed by atoms with Crippen molar-refractivity contribution < 1.29 is 0 Å². The van der Waals surface area contributed by atoms with Crippen LogP contribution in [0.25, 0.3) is 0 Å². The first-order valence-corrected chi connectivity index (χ1v) is 7.18. The maximum absolute atomic E-state index is 4.73. The van der Waals surface area contributed by atoms with Crippen LogP contribution in [-0.2, 0) is 0 Å². The van der Waals surface area contributed by atoms with Gasteiger partial charge in [-0.2, -0.15) is 4.98 Å².